The number of nitrogens with one attached hydrogen (secondary N) is 1. The summed E-state index contributed by atoms with van der Waals surface area (Å²) in [6.45, 7) is 8.40. The highest BCUT2D eigenvalue weighted by Gasteiger charge is 2.31. The molecule has 2 aliphatic heterocycles. The predicted octanol–water partition coefficient (Wildman–Crippen LogP) is 1.87. The molecule has 12 heteroatoms. The van der Waals surface area contributed by atoms with Gasteiger partial charge in [0.25, 0.3) is 5.91 Å². The minimum atomic E-state index is -0.809. The molecule has 4 heterocycles. The lowest BCUT2D eigenvalue weighted by atomic mass is 10.2. The Balaban J connectivity index is 1.54. The Bertz CT molecular complexity index is 1470. The summed E-state index contributed by atoms with van der Waals surface area (Å²) < 4.78 is 14.4. The molecule has 3 aromatic rings. The highest BCUT2D eigenvalue weighted by Crippen LogP contribution is 2.30. The summed E-state index contributed by atoms with van der Waals surface area (Å²) >= 11 is 0. The average Bonchev–Trinajstić information content (AvgIpc) is 3.27. The number of piperazine rings is 1. The zero-order valence-electron chi connectivity index (χ0n) is 22.2. The van der Waals surface area contributed by atoms with Gasteiger partial charge in [-0.3, -0.25) is 23.8 Å². The van der Waals surface area contributed by atoms with E-state index in [0.717, 1.165) is 31.9 Å². The number of benzene rings is 1. The van der Waals surface area contributed by atoms with Crippen molar-refractivity contribution in [2.24, 2.45) is 0 Å². The minimum Gasteiger partial charge on any atom is -0.501 e. The number of carbonyl (C=O) groups excluding carboxylic acids is 2. The van der Waals surface area contributed by atoms with Gasteiger partial charge in [0.1, 0.15) is 5.82 Å². The number of aromatic hydroxyl groups is 1. The molecule has 0 unspecified atom stereocenters. The Morgan fingerprint density at radius 3 is 2.38 bits per heavy atom. The van der Waals surface area contributed by atoms with E-state index in [4.69, 9.17) is 0 Å². The van der Waals surface area contributed by atoms with Gasteiger partial charge in [-0.1, -0.05) is 12.1 Å². The molecular weight excluding hydrogens is 505 g/mol. The lowest BCUT2D eigenvalue weighted by molar-refractivity contribution is 0.0942. The fraction of sp³-hybridized carbons (Fsp3) is 0.407. The molecule has 2 aliphatic rings. The van der Waals surface area contributed by atoms with Gasteiger partial charge in [-0.05, 0) is 37.6 Å². The van der Waals surface area contributed by atoms with Gasteiger partial charge < -0.3 is 20.2 Å². The van der Waals surface area contributed by atoms with Crippen molar-refractivity contribution in [3.8, 4) is 5.75 Å². The Kier molecular flexibility index (Phi) is 7.13. The molecule has 2 fully saturated rings. The molecule has 0 atom stereocenters. The first-order valence-electron chi connectivity index (χ1n) is 13.0. The lowest BCUT2D eigenvalue weighted by Gasteiger charge is -2.38. The summed E-state index contributed by atoms with van der Waals surface area (Å²) in [5.74, 6) is -1.95. The van der Waals surface area contributed by atoms with E-state index in [2.05, 4.69) is 33.9 Å². The second-order valence-corrected chi connectivity index (χ2v) is 10.2. The van der Waals surface area contributed by atoms with E-state index in [9.17, 15) is 23.9 Å². The predicted molar refractivity (Wildman–Crippen MR) is 145 cm³/mol. The van der Waals surface area contributed by atoms with Crippen LogP contribution in [-0.2, 0) is 6.54 Å². The zero-order chi connectivity index (χ0) is 27.8. The molecule has 0 spiro atoms. The number of pyridine rings is 1. The molecule has 1 aromatic carbocycles. The van der Waals surface area contributed by atoms with Gasteiger partial charge in [0.2, 0.25) is 5.75 Å². The highest BCUT2D eigenvalue weighted by atomic mass is 19.1. The number of urea groups is 1. The second kappa shape index (κ2) is 10.5. The van der Waals surface area contributed by atoms with Crippen LogP contribution in [0.15, 0.2) is 41.3 Å². The first kappa shape index (κ1) is 26.4. The van der Waals surface area contributed by atoms with Gasteiger partial charge >= 0.3 is 11.6 Å². The Morgan fingerprint density at radius 1 is 1.08 bits per heavy atom. The topological polar surface area (TPSA) is 114 Å². The van der Waals surface area contributed by atoms with Crippen LogP contribution in [0.4, 0.5) is 20.6 Å². The third-order valence-corrected chi connectivity index (χ3v) is 7.37. The minimum absolute atomic E-state index is 0.0448. The number of nitrogens with zero attached hydrogens (tertiary/aromatic N) is 6. The van der Waals surface area contributed by atoms with E-state index in [1.807, 2.05) is 6.07 Å². The summed E-state index contributed by atoms with van der Waals surface area (Å²) in [6.07, 6.45) is 1.60. The zero-order valence-corrected chi connectivity index (χ0v) is 22.2. The average molecular weight is 538 g/mol. The maximum Gasteiger partial charge on any atom is 0.324 e. The molecule has 3 amide bonds. The lowest BCUT2D eigenvalue weighted by Crippen LogP contribution is -2.49. The van der Waals surface area contributed by atoms with Crippen molar-refractivity contribution in [3.05, 3.63) is 64.0 Å². The maximum absolute atomic E-state index is 13.4. The number of carbonyl (C=O) groups is 2. The van der Waals surface area contributed by atoms with Crippen LogP contribution < -0.4 is 20.7 Å². The van der Waals surface area contributed by atoms with Crippen molar-refractivity contribution >= 4 is 29.0 Å². The summed E-state index contributed by atoms with van der Waals surface area (Å²) in [5, 5.41) is 13.3. The molecule has 2 aromatic heterocycles. The molecule has 0 radical (unpaired) electrons. The summed E-state index contributed by atoms with van der Waals surface area (Å²) in [6, 6.07) is 7.59. The summed E-state index contributed by atoms with van der Waals surface area (Å²) in [7, 11) is 1.69. The van der Waals surface area contributed by atoms with Crippen LogP contribution in [0.5, 0.6) is 5.75 Å². The summed E-state index contributed by atoms with van der Waals surface area (Å²) in [4.78, 5) is 51.3. The normalized spacial score (nSPS) is 16.5. The van der Waals surface area contributed by atoms with Crippen molar-refractivity contribution in [2.45, 2.75) is 26.4 Å². The van der Waals surface area contributed by atoms with Crippen molar-refractivity contribution in [1.82, 2.24) is 24.5 Å². The molecule has 0 bridgehead atoms. The van der Waals surface area contributed by atoms with Gasteiger partial charge in [-0.2, -0.15) is 0 Å². The molecule has 5 rings (SSSR count). The number of halogens is 1. The number of amides is 3. The smallest absolute Gasteiger partial charge is 0.324 e. The number of fused-ring (bicyclic) bond motifs is 1. The Morgan fingerprint density at radius 2 is 1.77 bits per heavy atom. The van der Waals surface area contributed by atoms with Crippen molar-refractivity contribution in [3.63, 3.8) is 0 Å². The van der Waals surface area contributed by atoms with Gasteiger partial charge in [0.15, 0.2) is 11.3 Å². The van der Waals surface area contributed by atoms with E-state index < -0.39 is 28.7 Å². The molecular formula is C27H32FN7O4. The number of hydrogen-bond acceptors (Lipinski definition) is 7. The summed E-state index contributed by atoms with van der Waals surface area (Å²) in [5.41, 5.74) is 0.587. The number of aromatic nitrogens is 2. The molecule has 11 nitrogen and oxygen atoms in total. The van der Waals surface area contributed by atoms with Crippen molar-refractivity contribution in [2.75, 3.05) is 56.1 Å². The first-order valence-corrected chi connectivity index (χ1v) is 13.0. The third kappa shape index (κ3) is 5.11. The van der Waals surface area contributed by atoms with Gasteiger partial charge in [-0.25, -0.2) is 14.2 Å². The van der Waals surface area contributed by atoms with Crippen LogP contribution in [0.1, 0.15) is 29.9 Å². The van der Waals surface area contributed by atoms with E-state index in [1.165, 1.54) is 33.6 Å². The fourth-order valence-electron chi connectivity index (χ4n) is 4.96. The van der Waals surface area contributed by atoms with Crippen LogP contribution in [0.2, 0.25) is 0 Å². The van der Waals surface area contributed by atoms with E-state index in [-0.39, 0.29) is 18.2 Å². The van der Waals surface area contributed by atoms with Crippen molar-refractivity contribution < 1.29 is 19.1 Å². The highest BCUT2D eigenvalue weighted by molar-refractivity contribution is 6.00. The van der Waals surface area contributed by atoms with Crippen molar-refractivity contribution in [1.29, 1.82) is 0 Å². The largest absolute Gasteiger partial charge is 0.501 e. The van der Waals surface area contributed by atoms with E-state index in [1.54, 1.807) is 18.1 Å². The second-order valence-electron chi connectivity index (χ2n) is 10.2. The van der Waals surface area contributed by atoms with Crippen LogP contribution in [0.25, 0.3) is 5.65 Å². The van der Waals surface area contributed by atoms with Crippen LogP contribution >= 0.6 is 0 Å². The Hall–Kier alpha value is -4.19. The molecule has 39 heavy (non-hydrogen) atoms. The molecule has 2 N–H and O–H groups in total. The SMILES string of the molecule is CC(C)N1CCN(c2cc(N3CCN(C)C3=O)c3nc(C(=O)NCc4ccc(F)cc4)c(O)c(=O)n3c2)CC1. The fourth-order valence-corrected chi connectivity index (χ4v) is 4.96. The number of anilines is 2. The van der Waals surface area contributed by atoms with E-state index >= 15 is 0 Å². The quantitative estimate of drug-likeness (QED) is 0.494. The third-order valence-electron chi connectivity index (χ3n) is 7.37. The van der Waals surface area contributed by atoms with Gasteiger partial charge in [0.05, 0.1) is 11.4 Å². The Labute approximate surface area is 225 Å². The molecule has 0 saturated carbocycles. The number of hydrogen-bond donors (Lipinski definition) is 2. The van der Waals surface area contributed by atoms with Crippen LogP contribution in [-0.4, -0.2) is 88.6 Å². The first-order chi connectivity index (χ1) is 18.6. The number of likely N-dealkylation sites (N-methyl/N-ethyl adjacent to an activating group) is 1. The number of rotatable bonds is 6. The van der Waals surface area contributed by atoms with Gasteiger partial charge in [-0.15, -0.1) is 0 Å². The van der Waals surface area contributed by atoms with Crippen LogP contribution in [0.3, 0.4) is 0 Å². The standard InChI is InChI=1S/C27H32FN7O4/c1-17(2)32-9-11-33(12-10-32)20-14-21(34-13-8-31(3)27(34)39)24-30-22(23(36)26(38)35(24)16-20)25(37)29-15-18-4-6-19(28)7-5-18/h4-7,14,16-17,36H,8-13,15H2,1-3H3,(H,29,37). The monoisotopic (exact) mass is 537 g/mol. The van der Waals surface area contributed by atoms with Crippen LogP contribution in [0, 0.1) is 5.82 Å². The molecule has 2 saturated heterocycles. The maximum atomic E-state index is 13.4. The van der Waals surface area contributed by atoms with E-state index in [0.29, 0.717) is 30.4 Å². The molecule has 0 aliphatic carbocycles. The van der Waals surface area contributed by atoms with Gasteiger partial charge in [0, 0.05) is 65.1 Å². The molecule has 206 valence electrons.